The molecule has 2 aromatic rings. The molecule has 0 bridgehead atoms. The summed E-state index contributed by atoms with van der Waals surface area (Å²) in [4.78, 5) is 12.6. The lowest BCUT2D eigenvalue weighted by atomic mass is 9.97. The van der Waals surface area contributed by atoms with Gasteiger partial charge in [0.25, 0.3) is 0 Å². The van der Waals surface area contributed by atoms with Crippen LogP contribution in [0.3, 0.4) is 0 Å². The van der Waals surface area contributed by atoms with E-state index in [1.165, 1.54) is 36.7 Å². The number of nitrogens with zero attached hydrogens (tertiary/aromatic N) is 1. The Morgan fingerprint density at radius 3 is 2.21 bits per heavy atom. The van der Waals surface area contributed by atoms with Crippen molar-refractivity contribution in [3.63, 3.8) is 0 Å². The number of benzene rings is 2. The smallest absolute Gasteiger partial charge is 0.246 e. The van der Waals surface area contributed by atoms with Crippen LogP contribution in [-0.4, -0.2) is 54.4 Å². The SMILES string of the molecule is COc1ccc(OC)c(S(=O)(=O)N2CCC(C(=O)NCc3ccc(S(N)(=O)=O)cc3)CC2)c1. The van der Waals surface area contributed by atoms with E-state index in [1.807, 2.05) is 0 Å². The van der Waals surface area contributed by atoms with Crippen molar-refractivity contribution >= 4 is 26.0 Å². The highest BCUT2D eigenvalue weighted by Gasteiger charge is 2.34. The Labute approximate surface area is 193 Å². The summed E-state index contributed by atoms with van der Waals surface area (Å²) in [5, 5.41) is 7.90. The lowest BCUT2D eigenvalue weighted by Gasteiger charge is -2.31. The minimum atomic E-state index is -3.82. The molecule has 2 aromatic carbocycles. The molecule has 1 amide bonds. The number of rotatable bonds is 8. The van der Waals surface area contributed by atoms with Crippen LogP contribution < -0.4 is 19.9 Å². The maximum Gasteiger partial charge on any atom is 0.246 e. The van der Waals surface area contributed by atoms with Gasteiger partial charge >= 0.3 is 0 Å². The number of carbonyl (C=O) groups excluding carboxylic acids is 1. The van der Waals surface area contributed by atoms with Gasteiger partial charge in [0, 0.05) is 31.6 Å². The topological polar surface area (TPSA) is 145 Å². The van der Waals surface area contributed by atoms with Gasteiger partial charge < -0.3 is 14.8 Å². The largest absolute Gasteiger partial charge is 0.497 e. The molecule has 0 aliphatic carbocycles. The van der Waals surface area contributed by atoms with Gasteiger partial charge in [0.15, 0.2) is 0 Å². The number of nitrogens with two attached hydrogens (primary N) is 1. The Morgan fingerprint density at radius 2 is 1.67 bits per heavy atom. The number of methoxy groups -OCH3 is 2. The first-order valence-electron chi connectivity index (χ1n) is 10.2. The third kappa shape index (κ3) is 5.82. The van der Waals surface area contributed by atoms with E-state index in [2.05, 4.69) is 5.32 Å². The van der Waals surface area contributed by atoms with Crippen molar-refractivity contribution in [3.8, 4) is 11.5 Å². The molecular formula is C21H27N3O7S2. The third-order valence-electron chi connectivity index (χ3n) is 5.53. The van der Waals surface area contributed by atoms with E-state index >= 15 is 0 Å². The van der Waals surface area contributed by atoms with Gasteiger partial charge in [-0.2, -0.15) is 4.31 Å². The zero-order valence-corrected chi connectivity index (χ0v) is 20.0. The van der Waals surface area contributed by atoms with Gasteiger partial charge in [-0.1, -0.05) is 12.1 Å². The maximum atomic E-state index is 13.2. The Balaban J connectivity index is 1.59. The summed E-state index contributed by atoms with van der Waals surface area (Å²) in [5.41, 5.74) is 0.723. The Morgan fingerprint density at radius 1 is 1.03 bits per heavy atom. The molecule has 3 rings (SSSR count). The van der Waals surface area contributed by atoms with E-state index in [0.29, 0.717) is 18.6 Å². The van der Waals surface area contributed by atoms with Crippen LogP contribution in [0.1, 0.15) is 18.4 Å². The minimum absolute atomic E-state index is 0.00109. The summed E-state index contributed by atoms with van der Waals surface area (Å²) in [6.07, 6.45) is 0.753. The Hall–Kier alpha value is -2.67. The van der Waals surface area contributed by atoms with Crippen molar-refractivity contribution in [2.24, 2.45) is 11.1 Å². The molecule has 1 aliphatic heterocycles. The van der Waals surface area contributed by atoms with E-state index in [1.54, 1.807) is 24.3 Å². The van der Waals surface area contributed by atoms with E-state index in [0.717, 1.165) is 5.56 Å². The fourth-order valence-corrected chi connectivity index (χ4v) is 5.77. The zero-order valence-electron chi connectivity index (χ0n) is 18.4. The maximum absolute atomic E-state index is 13.2. The molecule has 1 heterocycles. The Bertz CT molecular complexity index is 1200. The number of hydrogen-bond acceptors (Lipinski definition) is 7. The monoisotopic (exact) mass is 497 g/mol. The molecule has 33 heavy (non-hydrogen) atoms. The van der Waals surface area contributed by atoms with Crippen molar-refractivity contribution in [1.29, 1.82) is 0 Å². The van der Waals surface area contributed by atoms with Gasteiger partial charge in [-0.15, -0.1) is 0 Å². The summed E-state index contributed by atoms with van der Waals surface area (Å²) < 4.78 is 60.7. The second-order valence-electron chi connectivity index (χ2n) is 7.60. The number of sulfonamides is 2. The zero-order chi connectivity index (χ0) is 24.2. The highest BCUT2D eigenvalue weighted by molar-refractivity contribution is 7.89. The van der Waals surface area contributed by atoms with Crippen molar-refractivity contribution in [2.75, 3.05) is 27.3 Å². The van der Waals surface area contributed by atoms with Crippen LogP contribution >= 0.6 is 0 Å². The van der Waals surface area contributed by atoms with E-state index in [9.17, 15) is 21.6 Å². The predicted molar refractivity (Wildman–Crippen MR) is 121 cm³/mol. The Kier molecular flexibility index (Phi) is 7.62. The molecule has 0 aromatic heterocycles. The van der Waals surface area contributed by atoms with Gasteiger partial charge in [0.2, 0.25) is 26.0 Å². The number of hydrogen-bond donors (Lipinski definition) is 2. The molecular weight excluding hydrogens is 470 g/mol. The average molecular weight is 498 g/mol. The van der Waals surface area contributed by atoms with Crippen LogP contribution in [0, 0.1) is 5.92 Å². The van der Waals surface area contributed by atoms with Crippen LogP contribution in [0.15, 0.2) is 52.3 Å². The van der Waals surface area contributed by atoms with E-state index < -0.39 is 20.0 Å². The first-order chi connectivity index (χ1) is 15.6. The van der Waals surface area contributed by atoms with Gasteiger partial charge in [-0.25, -0.2) is 22.0 Å². The summed E-state index contributed by atoms with van der Waals surface area (Å²) in [7, 11) is -4.73. The molecule has 1 saturated heterocycles. The van der Waals surface area contributed by atoms with Crippen LogP contribution in [0.5, 0.6) is 11.5 Å². The lowest BCUT2D eigenvalue weighted by Crippen LogP contribution is -2.42. The molecule has 0 saturated carbocycles. The van der Waals surface area contributed by atoms with Gasteiger partial charge in [0.05, 0.1) is 19.1 Å². The second kappa shape index (κ2) is 10.1. The first-order valence-corrected chi connectivity index (χ1v) is 13.2. The highest BCUT2D eigenvalue weighted by Crippen LogP contribution is 2.32. The van der Waals surface area contributed by atoms with Crippen LogP contribution in [0.4, 0.5) is 0 Å². The molecule has 0 atom stereocenters. The number of ether oxygens (including phenoxy) is 2. The fourth-order valence-electron chi connectivity index (χ4n) is 3.61. The molecule has 0 unspecified atom stereocenters. The predicted octanol–water partition coefficient (Wildman–Crippen LogP) is 1.07. The summed E-state index contributed by atoms with van der Waals surface area (Å²) in [6, 6.07) is 10.5. The number of carbonyl (C=O) groups is 1. The van der Waals surface area contributed by atoms with E-state index in [4.69, 9.17) is 14.6 Å². The molecule has 0 spiro atoms. The molecule has 0 radical (unpaired) electrons. The van der Waals surface area contributed by atoms with Gasteiger partial charge in [0.1, 0.15) is 16.4 Å². The first kappa shape index (κ1) is 25.0. The number of piperidine rings is 1. The third-order valence-corrected chi connectivity index (χ3v) is 8.38. The standard InChI is InChI=1S/C21H27N3O7S2/c1-30-17-5-8-19(31-2)20(13-17)33(28,29)24-11-9-16(10-12-24)21(25)23-14-15-3-6-18(7-4-15)32(22,26)27/h3-8,13,16H,9-12,14H2,1-2H3,(H,23,25)(H2,22,26,27). The van der Waals surface area contributed by atoms with E-state index in [-0.39, 0.29) is 47.0 Å². The second-order valence-corrected chi connectivity index (χ2v) is 11.1. The fraction of sp³-hybridized carbons (Fsp3) is 0.381. The molecule has 12 heteroatoms. The van der Waals surface area contributed by atoms with Crippen molar-refractivity contribution in [1.82, 2.24) is 9.62 Å². The van der Waals surface area contributed by atoms with Gasteiger partial charge in [-0.3, -0.25) is 4.79 Å². The van der Waals surface area contributed by atoms with Crippen molar-refractivity contribution < 1.29 is 31.1 Å². The highest BCUT2D eigenvalue weighted by atomic mass is 32.2. The minimum Gasteiger partial charge on any atom is -0.497 e. The van der Waals surface area contributed by atoms with Crippen LogP contribution in [-0.2, 0) is 31.4 Å². The lowest BCUT2D eigenvalue weighted by molar-refractivity contribution is -0.126. The van der Waals surface area contributed by atoms with Gasteiger partial charge in [-0.05, 0) is 42.7 Å². The molecule has 180 valence electrons. The van der Waals surface area contributed by atoms with Crippen LogP contribution in [0.25, 0.3) is 0 Å². The average Bonchev–Trinajstić information content (AvgIpc) is 2.81. The summed E-state index contributed by atoms with van der Waals surface area (Å²) in [5.74, 6) is 0.124. The summed E-state index contributed by atoms with van der Waals surface area (Å²) >= 11 is 0. The molecule has 1 fully saturated rings. The molecule has 3 N–H and O–H groups in total. The van der Waals surface area contributed by atoms with Crippen molar-refractivity contribution in [3.05, 3.63) is 48.0 Å². The quantitative estimate of drug-likeness (QED) is 0.555. The van der Waals surface area contributed by atoms with Crippen molar-refractivity contribution in [2.45, 2.75) is 29.2 Å². The molecule has 10 nitrogen and oxygen atoms in total. The molecule has 1 aliphatic rings. The normalized spacial score (nSPS) is 15.7. The number of nitrogens with one attached hydrogen (secondary N) is 1. The summed E-state index contributed by atoms with van der Waals surface area (Å²) in [6.45, 7) is 0.622. The number of amides is 1. The van der Waals surface area contributed by atoms with Crippen LogP contribution in [0.2, 0.25) is 0 Å². The number of primary sulfonamides is 1.